The Morgan fingerprint density at radius 1 is 1.20 bits per heavy atom. The number of carbonyl (C=O) groups is 4. The van der Waals surface area contributed by atoms with Crippen LogP contribution in [0.1, 0.15) is 85.3 Å². The number of ether oxygens (including phenoxy) is 3. The van der Waals surface area contributed by atoms with Gasteiger partial charge in [-0.2, -0.15) is 0 Å². The summed E-state index contributed by atoms with van der Waals surface area (Å²) in [5, 5.41) is 12.7. The van der Waals surface area contributed by atoms with Gasteiger partial charge in [0.15, 0.2) is 0 Å². The summed E-state index contributed by atoms with van der Waals surface area (Å²) < 4.78 is 22.3. The third-order valence-corrected chi connectivity index (χ3v) is 11.0. The van der Waals surface area contributed by atoms with E-state index in [0.717, 1.165) is 16.7 Å². The van der Waals surface area contributed by atoms with Crippen molar-refractivity contribution in [2.75, 3.05) is 7.11 Å². The highest BCUT2D eigenvalue weighted by atomic mass is 16.6. The Labute approximate surface area is 240 Å². The predicted molar refractivity (Wildman–Crippen MR) is 146 cm³/mol. The van der Waals surface area contributed by atoms with Crippen LogP contribution in [0.15, 0.2) is 45.8 Å². The molecule has 0 amide bonds. The van der Waals surface area contributed by atoms with Crippen molar-refractivity contribution in [2.24, 2.45) is 28.1 Å². The van der Waals surface area contributed by atoms with E-state index in [1.54, 1.807) is 59.3 Å². The number of allylic oxidation sites excluding steroid dienone is 2. The van der Waals surface area contributed by atoms with E-state index in [1.165, 1.54) is 7.11 Å². The maximum Gasteiger partial charge on any atom is 0.333 e. The summed E-state index contributed by atoms with van der Waals surface area (Å²) in [6, 6.07) is 1.79. The van der Waals surface area contributed by atoms with Crippen LogP contribution in [0.5, 0.6) is 0 Å². The molecule has 4 aliphatic rings. The van der Waals surface area contributed by atoms with Crippen LogP contribution in [0.2, 0.25) is 0 Å². The van der Waals surface area contributed by atoms with E-state index < -0.39 is 64.2 Å². The van der Waals surface area contributed by atoms with Crippen LogP contribution in [0.3, 0.4) is 0 Å². The zero-order valence-corrected chi connectivity index (χ0v) is 24.9. The number of cyclic esters (lactones) is 1. The molecule has 1 aliphatic heterocycles. The Morgan fingerprint density at radius 3 is 2.51 bits per heavy atom. The van der Waals surface area contributed by atoms with Crippen molar-refractivity contribution in [2.45, 2.75) is 91.5 Å². The topological polar surface area (TPSA) is 129 Å². The van der Waals surface area contributed by atoms with Gasteiger partial charge < -0.3 is 23.7 Å². The average Bonchev–Trinajstić information content (AvgIpc) is 3.46. The number of furan rings is 1. The monoisotopic (exact) mass is 568 g/mol. The number of fused-ring (bicyclic) bond motifs is 5. The molecule has 2 saturated carbocycles. The van der Waals surface area contributed by atoms with Gasteiger partial charge in [0, 0.05) is 22.0 Å². The van der Waals surface area contributed by atoms with Crippen molar-refractivity contribution in [1.29, 1.82) is 0 Å². The van der Waals surface area contributed by atoms with Crippen molar-refractivity contribution >= 4 is 23.7 Å². The smallest absolute Gasteiger partial charge is 0.333 e. The first-order valence-corrected chi connectivity index (χ1v) is 14.3. The summed E-state index contributed by atoms with van der Waals surface area (Å²) in [5.41, 5.74) is -2.13. The lowest BCUT2D eigenvalue weighted by Gasteiger charge is -2.67. The Balaban J connectivity index is 1.72. The van der Waals surface area contributed by atoms with Crippen LogP contribution >= 0.6 is 0 Å². The summed E-state index contributed by atoms with van der Waals surface area (Å²) in [7, 11) is 1.24. The molecule has 0 spiro atoms. The summed E-state index contributed by atoms with van der Waals surface area (Å²) in [6.07, 6.45) is 4.22. The molecule has 1 saturated heterocycles. The van der Waals surface area contributed by atoms with Crippen LogP contribution in [0.25, 0.3) is 0 Å². The number of hydrogen-bond acceptors (Lipinski definition) is 9. The number of hydrogen-bond donors (Lipinski definition) is 1. The second kappa shape index (κ2) is 9.68. The highest BCUT2D eigenvalue weighted by molar-refractivity contribution is 5.95. The van der Waals surface area contributed by atoms with Crippen LogP contribution < -0.4 is 0 Å². The number of rotatable bonds is 5. The maximum atomic E-state index is 14.5. The maximum absolute atomic E-state index is 14.5. The first-order chi connectivity index (χ1) is 19.2. The van der Waals surface area contributed by atoms with Crippen LogP contribution in [0.4, 0.5) is 0 Å². The number of methoxy groups -OCH3 is 1. The minimum absolute atomic E-state index is 0.0641. The van der Waals surface area contributed by atoms with Gasteiger partial charge in [-0.3, -0.25) is 14.4 Å². The van der Waals surface area contributed by atoms with Crippen molar-refractivity contribution in [1.82, 2.24) is 0 Å². The van der Waals surface area contributed by atoms with Crippen molar-refractivity contribution in [3.8, 4) is 0 Å². The minimum Gasteiger partial charge on any atom is -0.472 e. The van der Waals surface area contributed by atoms with Gasteiger partial charge in [-0.05, 0) is 57.6 Å². The lowest BCUT2D eigenvalue weighted by Crippen LogP contribution is -2.76. The molecular formula is C32H40O9. The molecule has 1 aromatic rings. The second-order valence-corrected chi connectivity index (χ2v) is 13.1. The first kappa shape index (κ1) is 29.3. The van der Waals surface area contributed by atoms with E-state index >= 15 is 0 Å². The molecule has 1 aromatic heterocycles. The number of Topliss-reactive ketones (excluding diaryl/α,β-unsaturated/α-hetero) is 1. The molecule has 2 bridgehead atoms. The Hall–Kier alpha value is -3.20. The van der Waals surface area contributed by atoms with Gasteiger partial charge in [-0.1, -0.05) is 32.4 Å². The minimum atomic E-state index is -1.92. The molecule has 222 valence electrons. The molecule has 9 nitrogen and oxygen atoms in total. The quantitative estimate of drug-likeness (QED) is 0.231. The summed E-state index contributed by atoms with van der Waals surface area (Å²) in [5.74, 6) is -3.05. The number of carbonyl (C=O) groups excluding carboxylic acids is 4. The molecule has 5 rings (SSSR count). The van der Waals surface area contributed by atoms with Gasteiger partial charge in [0.05, 0.1) is 49.4 Å². The number of esters is 3. The largest absolute Gasteiger partial charge is 0.472 e. The van der Waals surface area contributed by atoms with E-state index in [2.05, 4.69) is 6.92 Å². The van der Waals surface area contributed by atoms with Gasteiger partial charge in [-0.15, -0.1) is 0 Å². The van der Waals surface area contributed by atoms with E-state index in [4.69, 9.17) is 18.6 Å². The van der Waals surface area contributed by atoms with Gasteiger partial charge in [0.1, 0.15) is 18.0 Å². The van der Waals surface area contributed by atoms with Crippen LogP contribution in [-0.2, 0) is 33.4 Å². The normalized spacial score (nSPS) is 38.0. The Morgan fingerprint density at radius 2 is 1.90 bits per heavy atom. The van der Waals surface area contributed by atoms with E-state index in [-0.39, 0.29) is 18.2 Å². The SMILES string of the molecule is C/C=C(/C)C(=O)O[C@@H]1[C@@H]2CC3=C4CC(=O)O[C@@H](c5ccoc5)[C@]4(C)CCC3[C@@](C)(C2=O)[C@@](O)(CC(=O)OC)C1(C)C. The highest BCUT2D eigenvalue weighted by Gasteiger charge is 2.75. The van der Waals surface area contributed by atoms with Gasteiger partial charge in [-0.25, -0.2) is 4.79 Å². The first-order valence-electron chi connectivity index (χ1n) is 14.3. The van der Waals surface area contributed by atoms with E-state index in [9.17, 15) is 24.3 Å². The van der Waals surface area contributed by atoms with Crippen molar-refractivity contribution in [3.05, 3.63) is 47.0 Å². The third kappa shape index (κ3) is 3.91. The van der Waals surface area contributed by atoms with Crippen LogP contribution in [0, 0.1) is 28.1 Å². The molecule has 7 atom stereocenters. The molecule has 41 heavy (non-hydrogen) atoms. The number of aliphatic hydroxyl groups is 1. The lowest BCUT2D eigenvalue weighted by atomic mass is 9.38. The molecule has 3 fully saturated rings. The fourth-order valence-electron chi connectivity index (χ4n) is 8.44. The lowest BCUT2D eigenvalue weighted by molar-refractivity contribution is -0.254. The van der Waals surface area contributed by atoms with Gasteiger partial charge in [0.25, 0.3) is 0 Å². The summed E-state index contributed by atoms with van der Waals surface area (Å²) in [6.45, 7) is 10.7. The zero-order chi connectivity index (χ0) is 30.1. The fraction of sp³-hybridized carbons (Fsp3) is 0.625. The zero-order valence-electron chi connectivity index (χ0n) is 24.9. The summed E-state index contributed by atoms with van der Waals surface area (Å²) in [4.78, 5) is 53.4. The van der Waals surface area contributed by atoms with E-state index in [1.807, 2.05) is 0 Å². The Bertz CT molecular complexity index is 1350. The van der Waals surface area contributed by atoms with E-state index in [0.29, 0.717) is 24.8 Å². The number of ketones is 1. The highest BCUT2D eigenvalue weighted by Crippen LogP contribution is 2.69. The second-order valence-electron chi connectivity index (χ2n) is 13.1. The molecule has 2 heterocycles. The molecule has 0 radical (unpaired) electrons. The van der Waals surface area contributed by atoms with Crippen molar-refractivity contribution < 1.29 is 42.9 Å². The Kier molecular flexibility index (Phi) is 6.92. The molecule has 1 N–H and O–H groups in total. The van der Waals surface area contributed by atoms with Gasteiger partial charge in [0.2, 0.25) is 0 Å². The molecule has 3 aliphatic carbocycles. The average molecular weight is 569 g/mol. The van der Waals surface area contributed by atoms with Crippen LogP contribution in [-0.4, -0.2) is 47.6 Å². The molecule has 0 aromatic carbocycles. The standard InChI is InChI=1S/C32H40O9/c1-8-17(2)28(36)41-27-20-13-19-21(31(6,25(20)35)32(37,29(27,3)4)15-24(34)38-7)9-11-30(5)22(19)14-23(33)40-26(30)18-10-12-39-16-18/h8,10,12,16,20-21,26-27,37H,9,11,13-15H2,1-7H3/b17-8-/t20-,21?,26+,27-,30-,31+,32-/m1/s1. The molecule has 1 unspecified atom stereocenters. The third-order valence-electron chi connectivity index (χ3n) is 11.0. The summed E-state index contributed by atoms with van der Waals surface area (Å²) >= 11 is 0. The van der Waals surface area contributed by atoms with Crippen molar-refractivity contribution in [3.63, 3.8) is 0 Å². The molecular weight excluding hydrogens is 528 g/mol. The molecule has 9 heteroatoms. The fourth-order valence-corrected chi connectivity index (χ4v) is 8.44. The van der Waals surface area contributed by atoms with Gasteiger partial charge >= 0.3 is 17.9 Å². The predicted octanol–water partition coefficient (Wildman–Crippen LogP) is 4.79.